The highest BCUT2D eigenvalue weighted by Crippen LogP contribution is 2.21. The summed E-state index contributed by atoms with van der Waals surface area (Å²) in [6, 6.07) is 24.8. The third-order valence-corrected chi connectivity index (χ3v) is 4.87. The summed E-state index contributed by atoms with van der Waals surface area (Å²) in [5.74, 6) is -0.454. The smallest absolute Gasteiger partial charge is 0.407 e. The first-order valence-electron chi connectivity index (χ1n) is 9.94. The number of hydrogen-bond donors (Lipinski definition) is 2. The van der Waals surface area contributed by atoms with E-state index in [2.05, 4.69) is 5.32 Å². The van der Waals surface area contributed by atoms with Gasteiger partial charge in [0.1, 0.15) is 6.61 Å². The molecule has 6 heteroatoms. The zero-order valence-electron chi connectivity index (χ0n) is 17.2. The van der Waals surface area contributed by atoms with Crippen molar-refractivity contribution in [3.63, 3.8) is 0 Å². The number of benzene rings is 3. The lowest BCUT2D eigenvalue weighted by Crippen LogP contribution is -2.41. The Kier molecular flexibility index (Phi) is 7.79. The van der Waals surface area contributed by atoms with E-state index in [4.69, 9.17) is 9.47 Å². The van der Waals surface area contributed by atoms with Gasteiger partial charge in [0.25, 0.3) is 0 Å². The van der Waals surface area contributed by atoms with Crippen LogP contribution >= 0.6 is 0 Å². The normalized spacial score (nSPS) is 12.5. The Morgan fingerprint density at radius 2 is 1.45 bits per heavy atom. The molecule has 0 saturated carbocycles. The summed E-state index contributed by atoms with van der Waals surface area (Å²) in [6.07, 6.45) is -1.22. The second kappa shape index (κ2) is 10.9. The summed E-state index contributed by atoms with van der Waals surface area (Å²) < 4.78 is 10.0. The molecule has 0 aliphatic carbocycles. The molecule has 3 aromatic rings. The number of aliphatic hydroxyl groups excluding tert-OH is 1. The van der Waals surface area contributed by atoms with Gasteiger partial charge in [-0.2, -0.15) is 0 Å². The Morgan fingerprint density at radius 3 is 2.03 bits per heavy atom. The molecule has 0 aliphatic rings. The summed E-state index contributed by atoms with van der Waals surface area (Å²) in [6.45, 7) is 0.134. The van der Waals surface area contributed by atoms with Crippen molar-refractivity contribution < 1.29 is 24.2 Å². The molecule has 3 rings (SSSR count). The van der Waals surface area contributed by atoms with E-state index in [1.165, 1.54) is 7.11 Å². The van der Waals surface area contributed by atoms with Crippen molar-refractivity contribution in [3.05, 3.63) is 107 Å². The van der Waals surface area contributed by atoms with Crippen LogP contribution in [0.5, 0.6) is 0 Å². The van der Waals surface area contributed by atoms with Crippen molar-refractivity contribution in [1.29, 1.82) is 0 Å². The summed E-state index contributed by atoms with van der Waals surface area (Å²) in [5, 5.41) is 13.8. The van der Waals surface area contributed by atoms with Crippen LogP contribution < -0.4 is 5.32 Å². The lowest BCUT2D eigenvalue weighted by Gasteiger charge is -2.24. The summed E-state index contributed by atoms with van der Waals surface area (Å²) >= 11 is 0. The lowest BCUT2D eigenvalue weighted by molar-refractivity contribution is 0.0600. The van der Waals surface area contributed by atoms with E-state index in [-0.39, 0.29) is 6.61 Å². The molecule has 2 atom stereocenters. The molecule has 0 unspecified atom stereocenters. The first kappa shape index (κ1) is 22.1. The van der Waals surface area contributed by atoms with Crippen LogP contribution in [0.25, 0.3) is 0 Å². The largest absolute Gasteiger partial charge is 0.465 e. The molecule has 0 aromatic heterocycles. The van der Waals surface area contributed by atoms with Gasteiger partial charge in [-0.25, -0.2) is 9.59 Å². The maximum atomic E-state index is 12.4. The van der Waals surface area contributed by atoms with Gasteiger partial charge in [0.15, 0.2) is 0 Å². The zero-order valence-corrected chi connectivity index (χ0v) is 17.2. The molecular formula is C25H25NO5. The number of amides is 1. The first-order chi connectivity index (χ1) is 15.1. The molecule has 0 heterocycles. The maximum Gasteiger partial charge on any atom is 0.407 e. The standard InChI is InChI=1S/C25H25NO5/c1-30-24(28)21-14-12-20(13-15-21)23(27)22(16-18-8-4-2-5-9-18)26-25(29)31-17-19-10-6-3-7-11-19/h2-15,22-23,27H,16-17H2,1H3,(H,26,29)/t22-,23+/m0/s1. The van der Waals surface area contributed by atoms with Crippen LogP contribution in [-0.2, 0) is 22.5 Å². The Morgan fingerprint density at radius 1 is 0.871 bits per heavy atom. The second-order valence-electron chi connectivity index (χ2n) is 7.06. The number of methoxy groups -OCH3 is 1. The minimum atomic E-state index is -1.00. The number of alkyl carbamates (subject to hydrolysis) is 1. The van der Waals surface area contributed by atoms with Gasteiger partial charge in [-0.15, -0.1) is 0 Å². The fourth-order valence-corrected chi connectivity index (χ4v) is 3.19. The number of nitrogens with one attached hydrogen (secondary N) is 1. The second-order valence-corrected chi connectivity index (χ2v) is 7.06. The van der Waals surface area contributed by atoms with E-state index < -0.39 is 24.2 Å². The van der Waals surface area contributed by atoms with Crippen LogP contribution in [0.15, 0.2) is 84.9 Å². The number of esters is 1. The molecule has 0 aliphatic heterocycles. The third kappa shape index (κ3) is 6.42. The number of rotatable bonds is 8. The minimum Gasteiger partial charge on any atom is -0.465 e. The molecule has 2 N–H and O–H groups in total. The van der Waals surface area contributed by atoms with Gasteiger partial charge >= 0.3 is 12.1 Å². The van der Waals surface area contributed by atoms with E-state index in [0.29, 0.717) is 17.5 Å². The van der Waals surface area contributed by atoms with Gasteiger partial charge in [-0.3, -0.25) is 0 Å². The predicted molar refractivity (Wildman–Crippen MR) is 116 cm³/mol. The van der Waals surface area contributed by atoms with Crippen LogP contribution in [0.2, 0.25) is 0 Å². The SMILES string of the molecule is COC(=O)c1ccc([C@@H](O)[C@H](Cc2ccccc2)NC(=O)OCc2ccccc2)cc1. The van der Waals surface area contributed by atoms with Crippen LogP contribution in [0.1, 0.15) is 33.2 Å². The van der Waals surface area contributed by atoms with Crippen molar-refractivity contribution in [2.24, 2.45) is 0 Å². The molecule has 1 amide bonds. The van der Waals surface area contributed by atoms with E-state index in [9.17, 15) is 14.7 Å². The first-order valence-corrected chi connectivity index (χ1v) is 9.94. The van der Waals surface area contributed by atoms with Crippen LogP contribution in [0.3, 0.4) is 0 Å². The fourth-order valence-electron chi connectivity index (χ4n) is 3.19. The average Bonchev–Trinajstić information content (AvgIpc) is 2.83. The van der Waals surface area contributed by atoms with Crippen molar-refractivity contribution in [1.82, 2.24) is 5.32 Å². The maximum absolute atomic E-state index is 12.4. The molecule has 0 spiro atoms. The summed E-state index contributed by atoms with van der Waals surface area (Å²) in [7, 11) is 1.31. The van der Waals surface area contributed by atoms with E-state index in [1.807, 2.05) is 60.7 Å². The molecular weight excluding hydrogens is 394 g/mol. The number of carbonyl (C=O) groups excluding carboxylic acids is 2. The highest BCUT2D eigenvalue weighted by molar-refractivity contribution is 5.89. The van der Waals surface area contributed by atoms with Crippen LogP contribution in [-0.4, -0.2) is 30.3 Å². The molecule has 160 valence electrons. The Labute approximate surface area is 181 Å². The molecule has 0 radical (unpaired) electrons. The van der Waals surface area contributed by atoms with Crippen molar-refractivity contribution in [2.75, 3.05) is 7.11 Å². The van der Waals surface area contributed by atoms with Gasteiger partial charge < -0.3 is 19.9 Å². The summed E-state index contributed by atoms with van der Waals surface area (Å²) in [5.41, 5.74) is 2.78. The quantitative estimate of drug-likeness (QED) is 0.538. The van der Waals surface area contributed by atoms with Crippen molar-refractivity contribution in [3.8, 4) is 0 Å². The van der Waals surface area contributed by atoms with E-state index >= 15 is 0 Å². The molecule has 31 heavy (non-hydrogen) atoms. The van der Waals surface area contributed by atoms with Crippen LogP contribution in [0, 0.1) is 0 Å². The zero-order chi connectivity index (χ0) is 22.1. The number of ether oxygens (including phenoxy) is 2. The molecule has 6 nitrogen and oxygen atoms in total. The molecule has 3 aromatic carbocycles. The molecule has 0 fully saturated rings. The molecule has 0 saturated heterocycles. The summed E-state index contributed by atoms with van der Waals surface area (Å²) in [4.78, 5) is 24.1. The van der Waals surface area contributed by atoms with E-state index in [0.717, 1.165) is 11.1 Å². The van der Waals surface area contributed by atoms with Gasteiger partial charge in [-0.05, 0) is 35.2 Å². The molecule has 0 bridgehead atoms. The number of aliphatic hydroxyl groups is 1. The van der Waals surface area contributed by atoms with Gasteiger partial charge in [-0.1, -0.05) is 72.8 Å². The van der Waals surface area contributed by atoms with Crippen LogP contribution in [0.4, 0.5) is 4.79 Å². The Balaban J connectivity index is 1.72. The Hall–Kier alpha value is -3.64. The topological polar surface area (TPSA) is 84.9 Å². The Bertz CT molecular complexity index is 974. The highest BCUT2D eigenvalue weighted by atomic mass is 16.5. The minimum absolute atomic E-state index is 0.134. The average molecular weight is 419 g/mol. The monoisotopic (exact) mass is 419 g/mol. The number of carbonyl (C=O) groups is 2. The highest BCUT2D eigenvalue weighted by Gasteiger charge is 2.24. The van der Waals surface area contributed by atoms with Crippen molar-refractivity contribution in [2.45, 2.75) is 25.2 Å². The van der Waals surface area contributed by atoms with Crippen molar-refractivity contribution >= 4 is 12.1 Å². The third-order valence-electron chi connectivity index (χ3n) is 4.87. The van der Waals surface area contributed by atoms with E-state index in [1.54, 1.807) is 24.3 Å². The predicted octanol–water partition coefficient (Wildman–Crippen LogP) is 4.04. The fraction of sp³-hybridized carbons (Fsp3) is 0.200. The van der Waals surface area contributed by atoms with Gasteiger partial charge in [0.05, 0.1) is 24.8 Å². The van der Waals surface area contributed by atoms with Gasteiger partial charge in [0.2, 0.25) is 0 Å². The number of hydrogen-bond acceptors (Lipinski definition) is 5. The lowest BCUT2D eigenvalue weighted by atomic mass is 9.95. The van der Waals surface area contributed by atoms with Gasteiger partial charge in [0, 0.05) is 0 Å².